The zero-order valence-corrected chi connectivity index (χ0v) is 10.6. The van der Waals surface area contributed by atoms with Crippen LogP contribution >= 0.6 is 0 Å². The minimum absolute atomic E-state index is 0.0392. The van der Waals surface area contributed by atoms with Gasteiger partial charge in [-0.3, -0.25) is 0 Å². The van der Waals surface area contributed by atoms with E-state index in [-0.39, 0.29) is 6.10 Å². The van der Waals surface area contributed by atoms with Crippen LogP contribution in [0.1, 0.15) is 22.9 Å². The highest BCUT2D eigenvalue weighted by Crippen LogP contribution is 2.36. The van der Waals surface area contributed by atoms with Gasteiger partial charge in [0.25, 0.3) is 0 Å². The van der Waals surface area contributed by atoms with E-state index in [1.807, 2.05) is 6.07 Å². The highest BCUT2D eigenvalue weighted by atomic mass is 16.5. The molecule has 4 rings (SSSR count). The summed E-state index contributed by atoms with van der Waals surface area (Å²) in [7, 11) is 0. The van der Waals surface area contributed by atoms with Crippen molar-refractivity contribution in [2.45, 2.75) is 12.5 Å². The minimum Gasteiger partial charge on any atom is -0.367 e. The third-order valence-corrected chi connectivity index (χ3v) is 3.85. The first-order valence-corrected chi connectivity index (χ1v) is 6.69. The number of ether oxygens (including phenoxy) is 1. The molecule has 2 aromatic carbocycles. The SMILES string of the molecule is c1ccc(C2OCCc3c2[nH]c2ccccc32)cc1. The van der Waals surface area contributed by atoms with E-state index >= 15 is 0 Å². The number of benzene rings is 2. The summed E-state index contributed by atoms with van der Waals surface area (Å²) in [5, 5.41) is 1.33. The number of rotatable bonds is 1. The molecule has 0 fully saturated rings. The summed E-state index contributed by atoms with van der Waals surface area (Å²) >= 11 is 0. The Morgan fingerprint density at radius 2 is 1.74 bits per heavy atom. The Morgan fingerprint density at radius 3 is 2.63 bits per heavy atom. The van der Waals surface area contributed by atoms with E-state index < -0.39 is 0 Å². The van der Waals surface area contributed by atoms with Crippen molar-refractivity contribution in [2.75, 3.05) is 6.61 Å². The molecular formula is C17H15NO. The normalized spacial score (nSPS) is 18.4. The molecule has 1 unspecified atom stereocenters. The van der Waals surface area contributed by atoms with Gasteiger partial charge in [0.2, 0.25) is 0 Å². The Balaban J connectivity index is 1.91. The maximum Gasteiger partial charge on any atom is 0.123 e. The molecule has 2 nitrogen and oxygen atoms in total. The smallest absolute Gasteiger partial charge is 0.123 e. The summed E-state index contributed by atoms with van der Waals surface area (Å²) in [5.74, 6) is 0. The Hall–Kier alpha value is -2.06. The van der Waals surface area contributed by atoms with Gasteiger partial charge in [-0.2, -0.15) is 0 Å². The number of para-hydroxylation sites is 1. The molecule has 2 heterocycles. The van der Waals surface area contributed by atoms with Gasteiger partial charge in [0.15, 0.2) is 0 Å². The van der Waals surface area contributed by atoms with Crippen LogP contribution in [-0.4, -0.2) is 11.6 Å². The second-order valence-corrected chi connectivity index (χ2v) is 4.97. The first-order chi connectivity index (χ1) is 9.43. The van der Waals surface area contributed by atoms with Gasteiger partial charge in [0.05, 0.1) is 12.3 Å². The van der Waals surface area contributed by atoms with Gasteiger partial charge in [0.1, 0.15) is 6.10 Å². The van der Waals surface area contributed by atoms with E-state index in [1.165, 1.54) is 27.7 Å². The molecule has 0 bridgehead atoms. The van der Waals surface area contributed by atoms with Crippen LogP contribution in [0.2, 0.25) is 0 Å². The molecule has 0 radical (unpaired) electrons. The molecule has 0 amide bonds. The molecule has 1 aromatic heterocycles. The number of hydrogen-bond acceptors (Lipinski definition) is 1. The lowest BCUT2D eigenvalue weighted by Crippen LogP contribution is -2.16. The van der Waals surface area contributed by atoms with Gasteiger partial charge in [-0.05, 0) is 23.6 Å². The van der Waals surface area contributed by atoms with Crippen LogP contribution in [0.5, 0.6) is 0 Å². The highest BCUT2D eigenvalue weighted by molar-refractivity contribution is 5.85. The molecule has 2 heteroatoms. The van der Waals surface area contributed by atoms with Crippen molar-refractivity contribution in [3.63, 3.8) is 0 Å². The number of hydrogen-bond donors (Lipinski definition) is 1. The fourth-order valence-electron chi connectivity index (χ4n) is 2.97. The molecular weight excluding hydrogens is 234 g/mol. The van der Waals surface area contributed by atoms with Crippen molar-refractivity contribution < 1.29 is 4.74 Å². The van der Waals surface area contributed by atoms with Gasteiger partial charge in [-0.15, -0.1) is 0 Å². The maximum absolute atomic E-state index is 5.99. The monoisotopic (exact) mass is 249 g/mol. The fraction of sp³-hybridized carbons (Fsp3) is 0.176. The molecule has 1 aliphatic heterocycles. The van der Waals surface area contributed by atoms with Crippen LogP contribution in [0, 0.1) is 0 Å². The maximum atomic E-state index is 5.99. The quantitative estimate of drug-likeness (QED) is 0.696. The third kappa shape index (κ3) is 1.68. The van der Waals surface area contributed by atoms with Crippen molar-refractivity contribution in [2.24, 2.45) is 0 Å². The second-order valence-electron chi connectivity index (χ2n) is 4.97. The zero-order chi connectivity index (χ0) is 12.7. The summed E-state index contributed by atoms with van der Waals surface area (Å²) < 4.78 is 5.99. The molecule has 0 spiro atoms. The molecule has 0 aliphatic carbocycles. The van der Waals surface area contributed by atoms with Crippen LogP contribution < -0.4 is 0 Å². The van der Waals surface area contributed by atoms with Crippen LogP contribution in [0.3, 0.4) is 0 Å². The van der Waals surface area contributed by atoms with E-state index in [2.05, 4.69) is 53.5 Å². The number of aromatic amines is 1. The minimum atomic E-state index is 0.0392. The van der Waals surface area contributed by atoms with E-state index in [1.54, 1.807) is 0 Å². The Bertz CT molecular complexity index is 714. The second kappa shape index (κ2) is 4.25. The van der Waals surface area contributed by atoms with Crippen molar-refractivity contribution >= 4 is 10.9 Å². The van der Waals surface area contributed by atoms with Gasteiger partial charge in [-0.1, -0.05) is 48.5 Å². The van der Waals surface area contributed by atoms with Crippen LogP contribution in [0.4, 0.5) is 0 Å². The fourth-order valence-corrected chi connectivity index (χ4v) is 2.97. The molecule has 1 N–H and O–H groups in total. The van der Waals surface area contributed by atoms with Gasteiger partial charge < -0.3 is 9.72 Å². The summed E-state index contributed by atoms with van der Waals surface area (Å²) in [6.07, 6.45) is 1.03. The van der Waals surface area contributed by atoms with Crippen molar-refractivity contribution in [1.29, 1.82) is 0 Å². The lowest BCUT2D eigenvalue weighted by molar-refractivity contribution is 0.0677. The molecule has 1 aliphatic rings. The lowest BCUT2D eigenvalue weighted by Gasteiger charge is -2.23. The summed E-state index contributed by atoms with van der Waals surface area (Å²) in [4.78, 5) is 3.54. The van der Waals surface area contributed by atoms with Crippen molar-refractivity contribution in [3.8, 4) is 0 Å². The average molecular weight is 249 g/mol. The van der Waals surface area contributed by atoms with Crippen LogP contribution in [-0.2, 0) is 11.2 Å². The Labute approximate surface area is 112 Å². The van der Waals surface area contributed by atoms with E-state index in [0.29, 0.717) is 0 Å². The largest absolute Gasteiger partial charge is 0.367 e. The third-order valence-electron chi connectivity index (χ3n) is 3.85. The highest BCUT2D eigenvalue weighted by Gasteiger charge is 2.25. The van der Waals surface area contributed by atoms with E-state index in [9.17, 15) is 0 Å². The van der Waals surface area contributed by atoms with Crippen molar-refractivity contribution in [1.82, 2.24) is 4.98 Å². The molecule has 94 valence electrons. The first kappa shape index (κ1) is 10.8. The average Bonchev–Trinajstić information content (AvgIpc) is 2.87. The predicted molar refractivity (Wildman–Crippen MR) is 76.2 cm³/mol. The van der Waals surface area contributed by atoms with Gasteiger partial charge in [-0.25, -0.2) is 0 Å². The molecule has 3 aromatic rings. The summed E-state index contributed by atoms with van der Waals surface area (Å²) in [6.45, 7) is 0.786. The predicted octanol–water partition coefficient (Wildman–Crippen LogP) is 3.83. The zero-order valence-electron chi connectivity index (χ0n) is 10.6. The van der Waals surface area contributed by atoms with Gasteiger partial charge in [0, 0.05) is 10.9 Å². The summed E-state index contributed by atoms with van der Waals surface area (Å²) in [6, 6.07) is 18.9. The molecule has 0 saturated carbocycles. The van der Waals surface area contributed by atoms with Crippen LogP contribution in [0.15, 0.2) is 54.6 Å². The van der Waals surface area contributed by atoms with E-state index in [4.69, 9.17) is 4.74 Å². The van der Waals surface area contributed by atoms with Crippen LogP contribution in [0.25, 0.3) is 10.9 Å². The summed E-state index contributed by atoms with van der Waals surface area (Å²) in [5.41, 5.74) is 5.06. The lowest BCUT2D eigenvalue weighted by atomic mass is 9.98. The number of H-pyrrole nitrogens is 1. The molecule has 19 heavy (non-hydrogen) atoms. The molecule has 1 atom stereocenters. The van der Waals surface area contributed by atoms with E-state index in [0.717, 1.165) is 13.0 Å². The molecule has 0 saturated heterocycles. The number of nitrogens with one attached hydrogen (secondary N) is 1. The number of aromatic nitrogens is 1. The van der Waals surface area contributed by atoms with Gasteiger partial charge >= 0.3 is 0 Å². The Kier molecular flexibility index (Phi) is 2.42. The topological polar surface area (TPSA) is 25.0 Å². The van der Waals surface area contributed by atoms with Crippen molar-refractivity contribution in [3.05, 3.63) is 71.4 Å². The standard InChI is InChI=1S/C17H15NO/c1-2-6-12(7-3-1)17-16-14(10-11-19-17)13-8-4-5-9-15(13)18-16/h1-9,17-18H,10-11H2. The number of fused-ring (bicyclic) bond motifs is 3. The Morgan fingerprint density at radius 1 is 0.947 bits per heavy atom. The first-order valence-electron chi connectivity index (χ1n) is 6.69.